The van der Waals surface area contributed by atoms with Gasteiger partial charge in [-0.1, -0.05) is 0 Å². The molecule has 0 aliphatic carbocycles. The summed E-state index contributed by atoms with van der Waals surface area (Å²) in [5.41, 5.74) is 0. The van der Waals surface area contributed by atoms with E-state index in [1.807, 2.05) is 13.8 Å². The lowest BCUT2D eigenvalue weighted by Crippen LogP contribution is -2.58. The lowest BCUT2D eigenvalue weighted by atomic mass is 10.0. The van der Waals surface area contributed by atoms with Crippen LogP contribution in [0.5, 0.6) is 0 Å². The van der Waals surface area contributed by atoms with Gasteiger partial charge in [0.2, 0.25) is 11.8 Å². The van der Waals surface area contributed by atoms with Gasteiger partial charge in [0.1, 0.15) is 0 Å². The van der Waals surface area contributed by atoms with E-state index in [2.05, 4.69) is 5.32 Å². The van der Waals surface area contributed by atoms with Crippen LogP contribution in [0.4, 0.5) is 0 Å². The van der Waals surface area contributed by atoms with Crippen LogP contribution in [0.2, 0.25) is 0 Å². The molecule has 0 saturated carbocycles. The van der Waals surface area contributed by atoms with Crippen LogP contribution in [-0.4, -0.2) is 54.8 Å². The Labute approximate surface area is 107 Å². The molecular weight excluding hydrogens is 236 g/mol. The molecule has 6 nitrogen and oxygen atoms in total. The second-order valence-corrected chi connectivity index (χ2v) is 5.27. The van der Waals surface area contributed by atoms with Crippen molar-refractivity contribution in [1.29, 1.82) is 0 Å². The molecule has 2 fully saturated rings. The maximum atomic E-state index is 11.9. The number of piperidine rings is 1. The van der Waals surface area contributed by atoms with Gasteiger partial charge in [0.25, 0.3) is 0 Å². The standard InChI is InChI=1S/C12H20N2O4/c1-12(2)17-6-8(7-18-12)13-9-4-5-10(15)14(3)11(9)16/h8-9,13H,4-7H2,1-3H3. The Morgan fingerprint density at radius 1 is 1.28 bits per heavy atom. The highest BCUT2D eigenvalue weighted by molar-refractivity contribution is 6.00. The van der Waals surface area contributed by atoms with Gasteiger partial charge in [-0.05, 0) is 20.3 Å². The largest absolute Gasteiger partial charge is 0.349 e. The molecule has 2 saturated heterocycles. The van der Waals surface area contributed by atoms with Crippen molar-refractivity contribution in [3.63, 3.8) is 0 Å². The molecule has 0 bridgehead atoms. The molecule has 2 rings (SSSR count). The Morgan fingerprint density at radius 2 is 1.89 bits per heavy atom. The number of likely N-dealkylation sites (N-methyl/N-ethyl adjacent to an activating group) is 1. The molecule has 2 aliphatic heterocycles. The first-order valence-electron chi connectivity index (χ1n) is 6.23. The molecule has 6 heteroatoms. The third-order valence-corrected chi connectivity index (χ3v) is 3.35. The van der Waals surface area contributed by atoms with Crippen molar-refractivity contribution in [2.75, 3.05) is 20.3 Å². The molecular formula is C12H20N2O4. The molecule has 0 aromatic carbocycles. The zero-order chi connectivity index (χ0) is 13.3. The lowest BCUT2D eigenvalue weighted by Gasteiger charge is -2.38. The lowest BCUT2D eigenvalue weighted by molar-refractivity contribution is -0.253. The van der Waals surface area contributed by atoms with Crippen molar-refractivity contribution in [3.05, 3.63) is 0 Å². The van der Waals surface area contributed by atoms with E-state index in [1.165, 1.54) is 11.9 Å². The summed E-state index contributed by atoms with van der Waals surface area (Å²) in [6, 6.07) is -0.320. The minimum Gasteiger partial charge on any atom is -0.349 e. The van der Waals surface area contributed by atoms with Gasteiger partial charge in [-0.15, -0.1) is 0 Å². The summed E-state index contributed by atoms with van der Waals surface area (Å²) in [7, 11) is 1.52. The summed E-state index contributed by atoms with van der Waals surface area (Å²) >= 11 is 0. The number of rotatable bonds is 2. The van der Waals surface area contributed by atoms with Gasteiger partial charge in [-0.25, -0.2) is 0 Å². The number of carbonyl (C=O) groups excluding carboxylic acids is 2. The van der Waals surface area contributed by atoms with Gasteiger partial charge < -0.3 is 9.47 Å². The van der Waals surface area contributed by atoms with Crippen molar-refractivity contribution in [3.8, 4) is 0 Å². The average molecular weight is 256 g/mol. The SMILES string of the molecule is CN1C(=O)CCC(NC2COC(C)(C)OC2)C1=O. The third kappa shape index (κ3) is 2.88. The first-order chi connectivity index (χ1) is 8.39. The Kier molecular flexibility index (Phi) is 3.70. The zero-order valence-corrected chi connectivity index (χ0v) is 11.1. The molecule has 0 radical (unpaired) electrons. The summed E-state index contributed by atoms with van der Waals surface area (Å²) in [6.45, 7) is 4.74. The van der Waals surface area contributed by atoms with E-state index < -0.39 is 5.79 Å². The Bertz CT molecular complexity index is 346. The third-order valence-electron chi connectivity index (χ3n) is 3.35. The maximum Gasteiger partial charge on any atom is 0.246 e. The predicted molar refractivity (Wildman–Crippen MR) is 63.7 cm³/mol. The topological polar surface area (TPSA) is 67.9 Å². The summed E-state index contributed by atoms with van der Waals surface area (Å²) in [5, 5.41) is 3.20. The number of imide groups is 1. The molecule has 0 spiro atoms. The average Bonchev–Trinajstić information content (AvgIpc) is 2.32. The van der Waals surface area contributed by atoms with Crippen LogP contribution in [-0.2, 0) is 19.1 Å². The van der Waals surface area contributed by atoms with Crippen LogP contribution in [0.3, 0.4) is 0 Å². The van der Waals surface area contributed by atoms with Crippen LogP contribution in [0, 0.1) is 0 Å². The van der Waals surface area contributed by atoms with Crippen LogP contribution in [0.1, 0.15) is 26.7 Å². The fourth-order valence-electron chi connectivity index (χ4n) is 2.14. The first kappa shape index (κ1) is 13.5. The molecule has 1 unspecified atom stereocenters. The molecule has 1 N–H and O–H groups in total. The van der Waals surface area contributed by atoms with Crippen LogP contribution < -0.4 is 5.32 Å². The highest BCUT2D eigenvalue weighted by Crippen LogP contribution is 2.18. The minimum atomic E-state index is -0.554. The van der Waals surface area contributed by atoms with Crippen molar-refractivity contribution >= 4 is 11.8 Å². The van der Waals surface area contributed by atoms with Crippen molar-refractivity contribution in [2.24, 2.45) is 0 Å². The molecule has 2 heterocycles. The van der Waals surface area contributed by atoms with E-state index in [9.17, 15) is 9.59 Å². The monoisotopic (exact) mass is 256 g/mol. The minimum absolute atomic E-state index is 0.00595. The van der Waals surface area contributed by atoms with E-state index in [-0.39, 0.29) is 23.9 Å². The number of hydrogen-bond acceptors (Lipinski definition) is 5. The van der Waals surface area contributed by atoms with Gasteiger partial charge in [-0.3, -0.25) is 19.8 Å². The van der Waals surface area contributed by atoms with Gasteiger partial charge in [0.15, 0.2) is 5.79 Å². The predicted octanol–water partition coefficient (Wildman–Crippen LogP) is -0.125. The van der Waals surface area contributed by atoms with Gasteiger partial charge in [0, 0.05) is 13.5 Å². The second-order valence-electron chi connectivity index (χ2n) is 5.27. The molecule has 2 aliphatic rings. The van der Waals surface area contributed by atoms with Crippen molar-refractivity contribution in [1.82, 2.24) is 10.2 Å². The maximum absolute atomic E-state index is 11.9. The summed E-state index contributed by atoms with van der Waals surface area (Å²) in [4.78, 5) is 24.4. The summed E-state index contributed by atoms with van der Waals surface area (Å²) in [6.07, 6.45) is 0.946. The fourth-order valence-corrected chi connectivity index (χ4v) is 2.14. The van der Waals surface area contributed by atoms with Gasteiger partial charge in [0.05, 0.1) is 25.3 Å². The van der Waals surface area contributed by atoms with E-state index in [0.29, 0.717) is 26.1 Å². The zero-order valence-electron chi connectivity index (χ0n) is 11.1. The van der Waals surface area contributed by atoms with Gasteiger partial charge >= 0.3 is 0 Å². The van der Waals surface area contributed by atoms with Crippen LogP contribution in [0.15, 0.2) is 0 Å². The van der Waals surface area contributed by atoms with Crippen LogP contribution in [0.25, 0.3) is 0 Å². The number of likely N-dealkylation sites (tertiary alicyclic amines) is 1. The smallest absolute Gasteiger partial charge is 0.246 e. The molecule has 18 heavy (non-hydrogen) atoms. The van der Waals surface area contributed by atoms with Crippen LogP contribution >= 0.6 is 0 Å². The normalized spacial score (nSPS) is 29.7. The molecule has 0 aromatic heterocycles. The summed E-state index contributed by atoms with van der Waals surface area (Å²) < 4.78 is 11.1. The van der Waals surface area contributed by atoms with Crippen molar-refractivity contribution in [2.45, 2.75) is 44.6 Å². The van der Waals surface area contributed by atoms with E-state index in [1.54, 1.807) is 0 Å². The fraction of sp³-hybridized carbons (Fsp3) is 0.833. The van der Waals surface area contributed by atoms with Crippen molar-refractivity contribution < 1.29 is 19.1 Å². The number of amides is 2. The summed E-state index contributed by atoms with van der Waals surface area (Å²) in [5.74, 6) is -0.840. The number of hydrogen-bond donors (Lipinski definition) is 1. The highest BCUT2D eigenvalue weighted by Gasteiger charge is 2.35. The van der Waals surface area contributed by atoms with E-state index in [4.69, 9.17) is 9.47 Å². The first-order valence-corrected chi connectivity index (χ1v) is 6.23. The van der Waals surface area contributed by atoms with E-state index >= 15 is 0 Å². The Balaban J connectivity index is 1.87. The molecule has 0 aromatic rings. The van der Waals surface area contributed by atoms with E-state index in [0.717, 1.165) is 0 Å². The number of carbonyl (C=O) groups is 2. The number of nitrogens with zero attached hydrogens (tertiary/aromatic N) is 1. The molecule has 2 amide bonds. The Hall–Kier alpha value is -0.980. The highest BCUT2D eigenvalue weighted by atomic mass is 16.7. The quantitative estimate of drug-likeness (QED) is 0.697. The number of ether oxygens (including phenoxy) is 2. The number of nitrogens with one attached hydrogen (secondary N) is 1. The van der Waals surface area contributed by atoms with Gasteiger partial charge in [-0.2, -0.15) is 0 Å². The Morgan fingerprint density at radius 3 is 2.50 bits per heavy atom. The molecule has 102 valence electrons. The second kappa shape index (κ2) is 4.95. The molecule has 1 atom stereocenters.